The molecule has 6 nitrogen and oxygen atoms in total. The van der Waals surface area contributed by atoms with Crippen molar-refractivity contribution in [1.29, 1.82) is 0 Å². The number of likely N-dealkylation sites (N-methyl/N-ethyl adjacent to an activating group) is 1. The number of nitrogens with one attached hydrogen (secondary N) is 1. The van der Waals surface area contributed by atoms with Crippen LogP contribution >= 0.6 is 0 Å². The summed E-state index contributed by atoms with van der Waals surface area (Å²) in [6.45, 7) is 11.1. The molecule has 2 amide bonds. The Bertz CT molecular complexity index is 929. The van der Waals surface area contributed by atoms with Crippen LogP contribution < -0.4 is 5.32 Å². The molecule has 0 bridgehead atoms. The van der Waals surface area contributed by atoms with E-state index in [0.717, 1.165) is 19.0 Å². The molecule has 2 fully saturated rings. The van der Waals surface area contributed by atoms with Crippen molar-refractivity contribution in [3.8, 4) is 0 Å². The third-order valence-electron chi connectivity index (χ3n) is 7.07. The number of ether oxygens (including phenoxy) is 1. The number of rotatable bonds is 7. The number of imide groups is 1. The summed E-state index contributed by atoms with van der Waals surface area (Å²) in [6, 6.07) is 4.63. The van der Waals surface area contributed by atoms with Gasteiger partial charge in [-0.15, -0.1) is 0 Å². The maximum absolute atomic E-state index is 13.7. The van der Waals surface area contributed by atoms with Gasteiger partial charge in [-0.1, -0.05) is 32.0 Å². The summed E-state index contributed by atoms with van der Waals surface area (Å²) < 4.78 is 45.1. The van der Waals surface area contributed by atoms with Crippen molar-refractivity contribution >= 4 is 12.0 Å². The van der Waals surface area contributed by atoms with Gasteiger partial charge in [0, 0.05) is 25.7 Å². The Kier molecular flexibility index (Phi) is 8.76. The van der Waals surface area contributed by atoms with Crippen LogP contribution in [0.3, 0.4) is 0 Å². The lowest BCUT2D eigenvalue weighted by Gasteiger charge is -2.35. The molecule has 1 aromatic rings. The average molecular weight is 512 g/mol. The third-order valence-corrected chi connectivity index (χ3v) is 7.07. The van der Waals surface area contributed by atoms with E-state index >= 15 is 0 Å². The highest BCUT2D eigenvalue weighted by Gasteiger charge is 2.49. The lowest BCUT2D eigenvalue weighted by atomic mass is 9.95. The Morgan fingerprint density at radius 2 is 1.86 bits per heavy atom. The lowest BCUT2D eigenvalue weighted by Crippen LogP contribution is -2.55. The minimum absolute atomic E-state index is 0.0591. The zero-order valence-electron chi connectivity index (χ0n) is 22.2. The number of carbonyl (C=O) groups excluding carboxylic acids is 2. The van der Waals surface area contributed by atoms with Crippen LogP contribution in [0.4, 0.5) is 18.0 Å². The van der Waals surface area contributed by atoms with Gasteiger partial charge in [-0.3, -0.25) is 9.69 Å². The van der Waals surface area contributed by atoms with Crippen LogP contribution in [0.15, 0.2) is 24.3 Å². The lowest BCUT2D eigenvalue weighted by molar-refractivity contribution is -0.138. The third kappa shape index (κ3) is 7.00. The summed E-state index contributed by atoms with van der Waals surface area (Å²) >= 11 is 0. The van der Waals surface area contributed by atoms with Crippen LogP contribution in [0.25, 0.3) is 0 Å². The molecular formula is C27H40F3N3O3. The zero-order chi connectivity index (χ0) is 26.8. The van der Waals surface area contributed by atoms with Crippen molar-refractivity contribution in [3.05, 3.63) is 35.4 Å². The first kappa shape index (κ1) is 28.4. The molecule has 1 aliphatic heterocycles. The van der Waals surface area contributed by atoms with Gasteiger partial charge in [0.25, 0.3) is 0 Å². The average Bonchev–Trinajstić information content (AvgIpc) is 3.31. The number of alkyl halides is 3. The topological polar surface area (TPSA) is 61.9 Å². The van der Waals surface area contributed by atoms with E-state index in [0.29, 0.717) is 31.5 Å². The van der Waals surface area contributed by atoms with Gasteiger partial charge >= 0.3 is 12.3 Å². The highest BCUT2D eigenvalue weighted by atomic mass is 19.4. The monoisotopic (exact) mass is 511 g/mol. The summed E-state index contributed by atoms with van der Waals surface area (Å²) in [7, 11) is 1.72. The molecule has 1 saturated heterocycles. The molecule has 202 valence electrons. The number of halogens is 3. The van der Waals surface area contributed by atoms with E-state index in [1.54, 1.807) is 33.9 Å². The van der Waals surface area contributed by atoms with Crippen molar-refractivity contribution in [1.82, 2.24) is 15.1 Å². The van der Waals surface area contributed by atoms with E-state index in [4.69, 9.17) is 4.74 Å². The molecule has 4 atom stereocenters. The predicted molar refractivity (Wildman–Crippen MR) is 132 cm³/mol. The standard InChI is InChI=1S/C27H40F3N3O3/c1-17(2)12-22(31-6)24(34)33(25(35)36-26(3,4)5)23-11-10-19-15-32(16-21(19)23)14-18-8-7-9-20(13-18)27(28,29)30/h7-9,13,17,19,21-23,31H,10-12,14-16H2,1-6H3/t19-,21+,22-,23-/m0/s1. The van der Waals surface area contributed by atoms with Crippen LogP contribution in [-0.2, 0) is 22.3 Å². The molecule has 0 spiro atoms. The van der Waals surface area contributed by atoms with Gasteiger partial charge in [0.05, 0.1) is 11.6 Å². The largest absolute Gasteiger partial charge is 0.443 e. The molecule has 9 heteroatoms. The van der Waals surface area contributed by atoms with E-state index in [-0.39, 0.29) is 29.7 Å². The first-order valence-corrected chi connectivity index (χ1v) is 12.8. The molecule has 36 heavy (non-hydrogen) atoms. The number of benzene rings is 1. The van der Waals surface area contributed by atoms with Crippen molar-refractivity contribution in [2.45, 2.75) is 84.3 Å². The fourth-order valence-corrected chi connectivity index (χ4v) is 5.56. The maximum atomic E-state index is 13.7. The van der Waals surface area contributed by atoms with Gasteiger partial charge < -0.3 is 10.1 Å². The Labute approximate surface area is 212 Å². The second kappa shape index (κ2) is 11.1. The van der Waals surface area contributed by atoms with E-state index in [2.05, 4.69) is 10.2 Å². The number of hydrogen-bond acceptors (Lipinski definition) is 5. The first-order chi connectivity index (χ1) is 16.7. The van der Waals surface area contributed by atoms with Crippen LogP contribution in [0.1, 0.15) is 65.0 Å². The van der Waals surface area contributed by atoms with E-state index in [9.17, 15) is 22.8 Å². The summed E-state index contributed by atoms with van der Waals surface area (Å²) in [6.07, 6.45) is -2.85. The maximum Gasteiger partial charge on any atom is 0.417 e. The summed E-state index contributed by atoms with van der Waals surface area (Å²) in [5.74, 6) is 0.320. The molecular weight excluding hydrogens is 471 g/mol. The summed E-state index contributed by atoms with van der Waals surface area (Å²) in [5.41, 5.74) is -0.790. The summed E-state index contributed by atoms with van der Waals surface area (Å²) in [4.78, 5) is 30.5. The SMILES string of the molecule is CN[C@@H](CC(C)C)C(=O)N(C(=O)OC(C)(C)C)[C@H]1CC[C@H]2CN(Cc3cccc(C(F)(F)F)c3)C[C@H]21. The molecule has 3 rings (SSSR count). The number of nitrogens with zero attached hydrogens (tertiary/aromatic N) is 2. The second-order valence-corrected chi connectivity index (χ2v) is 11.6. The fraction of sp³-hybridized carbons (Fsp3) is 0.704. The van der Waals surface area contributed by atoms with Crippen LogP contribution in [0.2, 0.25) is 0 Å². The normalized spacial score (nSPS) is 23.6. The summed E-state index contributed by atoms with van der Waals surface area (Å²) in [5, 5.41) is 3.07. The first-order valence-electron chi connectivity index (χ1n) is 12.8. The fourth-order valence-electron chi connectivity index (χ4n) is 5.56. The Balaban J connectivity index is 1.79. The Hall–Kier alpha value is -2.13. The molecule has 1 aliphatic carbocycles. The van der Waals surface area contributed by atoms with Gasteiger partial charge in [0.15, 0.2) is 0 Å². The number of hydrogen-bond donors (Lipinski definition) is 1. The molecule has 1 aromatic carbocycles. The number of carbonyl (C=O) groups is 2. The van der Waals surface area contributed by atoms with Crippen LogP contribution in [-0.4, -0.2) is 59.6 Å². The quantitative estimate of drug-likeness (QED) is 0.537. The van der Waals surface area contributed by atoms with Gasteiger partial charge in [0.2, 0.25) is 5.91 Å². The zero-order valence-corrected chi connectivity index (χ0v) is 22.2. The number of fused-ring (bicyclic) bond motifs is 1. The van der Waals surface area contributed by atoms with Crippen LogP contribution in [0, 0.1) is 17.8 Å². The highest BCUT2D eigenvalue weighted by Crippen LogP contribution is 2.42. The van der Waals surface area contributed by atoms with Gasteiger partial charge in [-0.25, -0.2) is 9.69 Å². The van der Waals surface area contributed by atoms with Crippen molar-refractivity contribution in [2.75, 3.05) is 20.1 Å². The Morgan fingerprint density at radius 1 is 1.17 bits per heavy atom. The Morgan fingerprint density at radius 3 is 2.44 bits per heavy atom. The van der Waals surface area contributed by atoms with E-state index in [1.807, 2.05) is 13.8 Å². The van der Waals surface area contributed by atoms with Crippen molar-refractivity contribution in [2.24, 2.45) is 17.8 Å². The van der Waals surface area contributed by atoms with Crippen molar-refractivity contribution in [3.63, 3.8) is 0 Å². The second-order valence-electron chi connectivity index (χ2n) is 11.6. The van der Waals surface area contributed by atoms with Crippen molar-refractivity contribution < 1.29 is 27.5 Å². The van der Waals surface area contributed by atoms with E-state index in [1.165, 1.54) is 17.0 Å². The molecule has 0 unspecified atom stereocenters. The van der Waals surface area contributed by atoms with Gasteiger partial charge in [-0.2, -0.15) is 13.2 Å². The van der Waals surface area contributed by atoms with E-state index < -0.39 is 29.5 Å². The number of amides is 2. The molecule has 2 aliphatic rings. The molecule has 0 aromatic heterocycles. The number of likely N-dealkylation sites (tertiary alicyclic amines) is 1. The molecule has 1 N–H and O–H groups in total. The highest BCUT2D eigenvalue weighted by molar-refractivity contribution is 5.95. The predicted octanol–water partition coefficient (Wildman–Crippen LogP) is 5.31. The molecule has 1 heterocycles. The smallest absolute Gasteiger partial charge is 0.417 e. The van der Waals surface area contributed by atoms with Gasteiger partial charge in [0.1, 0.15) is 5.60 Å². The molecule has 1 saturated carbocycles. The molecule has 0 radical (unpaired) electrons. The van der Waals surface area contributed by atoms with Crippen LogP contribution in [0.5, 0.6) is 0 Å². The minimum atomic E-state index is -4.38. The minimum Gasteiger partial charge on any atom is -0.443 e. The van der Waals surface area contributed by atoms with Gasteiger partial charge in [-0.05, 0) is 76.5 Å².